The molecule has 0 aromatic heterocycles. The van der Waals surface area contributed by atoms with Crippen molar-refractivity contribution in [3.05, 3.63) is 59.7 Å². The molecule has 0 radical (unpaired) electrons. The average Bonchev–Trinajstić information content (AvgIpc) is 2.57. The molecule has 0 fully saturated rings. The molecular weight excluding hydrogens is 322 g/mol. The summed E-state index contributed by atoms with van der Waals surface area (Å²) in [6, 6.07) is 15.2. The molecule has 0 aliphatic carbocycles. The maximum atomic E-state index is 12.9. The Kier molecular flexibility index (Phi) is 4.83. The number of amides is 1. The van der Waals surface area contributed by atoms with E-state index in [1.54, 1.807) is 18.7 Å². The molecule has 0 spiro atoms. The Morgan fingerprint density at radius 1 is 1.17 bits per heavy atom. The van der Waals surface area contributed by atoms with E-state index in [4.69, 9.17) is 4.74 Å². The maximum absolute atomic E-state index is 12.9. The lowest BCUT2D eigenvalue weighted by Gasteiger charge is -2.29. The third-order valence-electron chi connectivity index (χ3n) is 4.04. The summed E-state index contributed by atoms with van der Waals surface area (Å²) >= 11 is 1.55. The van der Waals surface area contributed by atoms with Gasteiger partial charge in [-0.15, -0.1) is 0 Å². The molecule has 1 heterocycles. The molecule has 1 atom stereocenters. The van der Waals surface area contributed by atoms with Crippen LogP contribution in [0.15, 0.2) is 48.5 Å². The third-order valence-corrected chi connectivity index (χ3v) is 4.95. The van der Waals surface area contributed by atoms with Gasteiger partial charge in [-0.1, -0.05) is 36.4 Å². The Bertz CT molecular complexity index is 699. The number of ether oxygens (including phenoxy) is 1. The SMILES string of the molecule is CSCC(C)(O)CNC(=O)C1c2ccccc2Oc2ccccc21. The molecule has 24 heavy (non-hydrogen) atoms. The molecule has 1 aliphatic rings. The monoisotopic (exact) mass is 343 g/mol. The zero-order chi connectivity index (χ0) is 17.2. The number of hydrogen-bond acceptors (Lipinski definition) is 4. The van der Waals surface area contributed by atoms with Gasteiger partial charge in [-0.25, -0.2) is 0 Å². The highest BCUT2D eigenvalue weighted by atomic mass is 32.2. The van der Waals surface area contributed by atoms with E-state index >= 15 is 0 Å². The van der Waals surface area contributed by atoms with E-state index in [1.807, 2.05) is 54.8 Å². The van der Waals surface area contributed by atoms with E-state index in [1.165, 1.54) is 0 Å². The molecule has 1 aliphatic heterocycles. The van der Waals surface area contributed by atoms with Crippen LogP contribution in [0.2, 0.25) is 0 Å². The van der Waals surface area contributed by atoms with E-state index in [0.29, 0.717) is 17.3 Å². The molecule has 126 valence electrons. The molecule has 1 unspecified atom stereocenters. The smallest absolute Gasteiger partial charge is 0.232 e. The Hall–Kier alpha value is -1.98. The standard InChI is InChI=1S/C19H21NO3S/c1-19(22,12-24-2)11-20-18(21)17-13-7-3-5-9-15(13)23-16-10-6-4-8-14(16)17/h3-10,17,22H,11-12H2,1-2H3,(H,20,21). The first kappa shape index (κ1) is 16.9. The lowest BCUT2D eigenvalue weighted by molar-refractivity contribution is -0.122. The zero-order valence-electron chi connectivity index (χ0n) is 13.8. The first-order chi connectivity index (χ1) is 11.5. The topological polar surface area (TPSA) is 58.6 Å². The number of rotatable bonds is 5. The third kappa shape index (κ3) is 3.42. The molecule has 0 saturated heterocycles. The molecular formula is C19H21NO3S. The highest BCUT2D eigenvalue weighted by Crippen LogP contribution is 2.43. The fraction of sp³-hybridized carbons (Fsp3) is 0.316. The summed E-state index contributed by atoms with van der Waals surface area (Å²) in [5.41, 5.74) is 0.760. The lowest BCUT2D eigenvalue weighted by atomic mass is 9.87. The summed E-state index contributed by atoms with van der Waals surface area (Å²) in [6.45, 7) is 1.95. The summed E-state index contributed by atoms with van der Waals surface area (Å²) in [6.07, 6.45) is 1.93. The Morgan fingerprint density at radius 3 is 2.25 bits per heavy atom. The molecule has 5 heteroatoms. The van der Waals surface area contributed by atoms with Gasteiger partial charge in [0.25, 0.3) is 0 Å². The van der Waals surface area contributed by atoms with Crippen LogP contribution in [0.5, 0.6) is 11.5 Å². The van der Waals surface area contributed by atoms with Gasteiger partial charge < -0.3 is 15.2 Å². The normalized spacial score (nSPS) is 15.6. The number of hydrogen-bond donors (Lipinski definition) is 2. The van der Waals surface area contributed by atoms with Crippen molar-refractivity contribution in [1.82, 2.24) is 5.32 Å². The van der Waals surface area contributed by atoms with Crippen molar-refractivity contribution >= 4 is 17.7 Å². The van der Waals surface area contributed by atoms with Crippen LogP contribution in [-0.2, 0) is 4.79 Å². The van der Waals surface area contributed by atoms with Crippen LogP contribution in [0.1, 0.15) is 24.0 Å². The number of carbonyl (C=O) groups excluding carboxylic acids is 1. The van der Waals surface area contributed by atoms with Crippen LogP contribution in [0.25, 0.3) is 0 Å². The molecule has 0 bridgehead atoms. The van der Waals surface area contributed by atoms with Gasteiger partial charge in [0.15, 0.2) is 0 Å². The fourth-order valence-corrected chi connectivity index (χ4v) is 3.66. The minimum absolute atomic E-state index is 0.125. The van der Waals surface area contributed by atoms with E-state index in [0.717, 1.165) is 11.1 Å². The summed E-state index contributed by atoms with van der Waals surface area (Å²) in [7, 11) is 0. The number of aliphatic hydroxyl groups is 1. The number of para-hydroxylation sites is 2. The summed E-state index contributed by atoms with van der Waals surface area (Å²) in [5.74, 6) is 1.41. The molecule has 4 nitrogen and oxygen atoms in total. The summed E-state index contributed by atoms with van der Waals surface area (Å²) < 4.78 is 5.91. The second-order valence-corrected chi connectivity index (χ2v) is 7.12. The van der Waals surface area contributed by atoms with Crippen molar-refractivity contribution in [3.8, 4) is 11.5 Å². The van der Waals surface area contributed by atoms with Gasteiger partial charge in [0.05, 0.1) is 11.5 Å². The zero-order valence-corrected chi connectivity index (χ0v) is 14.6. The van der Waals surface area contributed by atoms with Crippen molar-refractivity contribution in [3.63, 3.8) is 0 Å². The molecule has 2 aromatic rings. The molecule has 0 saturated carbocycles. The predicted octanol–water partition coefficient (Wildman–Crippen LogP) is 3.15. The van der Waals surface area contributed by atoms with Crippen LogP contribution < -0.4 is 10.1 Å². The fourth-order valence-electron chi connectivity index (χ4n) is 2.93. The van der Waals surface area contributed by atoms with Gasteiger partial charge in [0.1, 0.15) is 11.5 Å². The van der Waals surface area contributed by atoms with Gasteiger partial charge in [-0.2, -0.15) is 11.8 Å². The Balaban J connectivity index is 1.88. The maximum Gasteiger partial charge on any atom is 0.232 e. The van der Waals surface area contributed by atoms with Crippen LogP contribution >= 0.6 is 11.8 Å². The van der Waals surface area contributed by atoms with Crippen molar-refractivity contribution in [2.24, 2.45) is 0 Å². The summed E-state index contributed by atoms with van der Waals surface area (Å²) in [4.78, 5) is 12.9. The minimum atomic E-state index is -0.931. The number of fused-ring (bicyclic) bond motifs is 2. The van der Waals surface area contributed by atoms with Crippen molar-refractivity contribution in [2.75, 3.05) is 18.6 Å². The molecule has 2 aromatic carbocycles. The van der Waals surface area contributed by atoms with Gasteiger partial charge in [-0.3, -0.25) is 4.79 Å². The molecule has 3 rings (SSSR count). The Labute approximate surface area is 146 Å². The highest BCUT2D eigenvalue weighted by Gasteiger charge is 2.33. The second-order valence-electron chi connectivity index (χ2n) is 6.26. The first-order valence-corrected chi connectivity index (χ1v) is 9.26. The van der Waals surface area contributed by atoms with Gasteiger partial charge in [-0.05, 0) is 25.3 Å². The number of nitrogens with one attached hydrogen (secondary N) is 1. The number of thioether (sulfide) groups is 1. The van der Waals surface area contributed by atoms with Crippen molar-refractivity contribution in [2.45, 2.75) is 18.4 Å². The predicted molar refractivity (Wildman–Crippen MR) is 96.8 cm³/mol. The van der Waals surface area contributed by atoms with Crippen LogP contribution in [0, 0.1) is 0 Å². The molecule has 2 N–H and O–H groups in total. The number of benzene rings is 2. The van der Waals surface area contributed by atoms with Gasteiger partial charge in [0.2, 0.25) is 5.91 Å². The van der Waals surface area contributed by atoms with E-state index in [9.17, 15) is 9.90 Å². The van der Waals surface area contributed by atoms with E-state index in [-0.39, 0.29) is 12.5 Å². The van der Waals surface area contributed by atoms with Crippen LogP contribution in [0.4, 0.5) is 0 Å². The van der Waals surface area contributed by atoms with Crippen LogP contribution in [-0.4, -0.2) is 35.2 Å². The lowest BCUT2D eigenvalue weighted by Crippen LogP contribution is -2.44. The van der Waals surface area contributed by atoms with E-state index in [2.05, 4.69) is 5.32 Å². The molecule has 1 amide bonds. The minimum Gasteiger partial charge on any atom is -0.457 e. The highest BCUT2D eigenvalue weighted by molar-refractivity contribution is 7.98. The van der Waals surface area contributed by atoms with E-state index < -0.39 is 11.5 Å². The largest absolute Gasteiger partial charge is 0.457 e. The quantitative estimate of drug-likeness (QED) is 0.876. The van der Waals surface area contributed by atoms with Crippen molar-refractivity contribution < 1.29 is 14.6 Å². The first-order valence-electron chi connectivity index (χ1n) is 7.86. The Morgan fingerprint density at radius 2 is 1.71 bits per heavy atom. The van der Waals surface area contributed by atoms with Gasteiger partial charge >= 0.3 is 0 Å². The summed E-state index contributed by atoms with van der Waals surface area (Å²) in [5, 5.41) is 13.2. The van der Waals surface area contributed by atoms with Crippen LogP contribution in [0.3, 0.4) is 0 Å². The van der Waals surface area contributed by atoms with Crippen molar-refractivity contribution in [1.29, 1.82) is 0 Å². The van der Waals surface area contributed by atoms with Gasteiger partial charge in [0, 0.05) is 23.4 Å². The second kappa shape index (κ2) is 6.87. The number of carbonyl (C=O) groups is 1. The average molecular weight is 343 g/mol.